The molecule has 2 aliphatic rings. The first-order valence-corrected chi connectivity index (χ1v) is 10.4. The second-order valence-corrected chi connectivity index (χ2v) is 8.10. The van der Waals surface area contributed by atoms with Crippen LogP contribution in [0.2, 0.25) is 0 Å². The summed E-state index contributed by atoms with van der Waals surface area (Å²) in [5, 5.41) is 1.01. The summed E-state index contributed by atoms with van der Waals surface area (Å²) >= 11 is 0. The summed E-state index contributed by atoms with van der Waals surface area (Å²) in [7, 11) is 3.91. The van der Waals surface area contributed by atoms with Gasteiger partial charge in [-0.2, -0.15) is 0 Å². The standard InChI is InChI=1S/C22H31N3O3/c1-24-10-3-5-17(24)9-12-28-18-7-8-20-16(13-18)14-21(23-20)22(26)25-11-4-6-19(15-25)27-2/h7-8,13-14,17,19,23H,3-6,9-12,15H2,1-2H3. The Morgan fingerprint density at radius 1 is 1.21 bits per heavy atom. The molecule has 28 heavy (non-hydrogen) atoms. The highest BCUT2D eigenvalue weighted by Gasteiger charge is 2.25. The van der Waals surface area contributed by atoms with Crippen LogP contribution in [0.15, 0.2) is 24.3 Å². The highest BCUT2D eigenvalue weighted by Crippen LogP contribution is 2.24. The van der Waals surface area contributed by atoms with E-state index in [9.17, 15) is 4.79 Å². The zero-order valence-corrected chi connectivity index (χ0v) is 16.9. The number of benzene rings is 1. The number of nitrogens with one attached hydrogen (secondary N) is 1. The third-order valence-electron chi connectivity index (χ3n) is 6.21. The molecule has 1 aromatic carbocycles. The monoisotopic (exact) mass is 385 g/mol. The molecule has 0 aliphatic carbocycles. The summed E-state index contributed by atoms with van der Waals surface area (Å²) in [6.45, 7) is 3.37. The lowest BCUT2D eigenvalue weighted by molar-refractivity contribution is 0.0266. The lowest BCUT2D eigenvalue weighted by Crippen LogP contribution is -2.43. The number of nitrogens with zero attached hydrogens (tertiary/aromatic N) is 2. The van der Waals surface area contributed by atoms with Crippen molar-refractivity contribution < 1.29 is 14.3 Å². The van der Waals surface area contributed by atoms with Crippen LogP contribution < -0.4 is 4.74 Å². The minimum Gasteiger partial charge on any atom is -0.494 e. The van der Waals surface area contributed by atoms with Crippen molar-refractivity contribution in [3.8, 4) is 5.75 Å². The number of aromatic nitrogens is 1. The number of methoxy groups -OCH3 is 1. The van der Waals surface area contributed by atoms with Crippen LogP contribution in [0, 0.1) is 0 Å². The predicted molar refractivity (Wildman–Crippen MR) is 110 cm³/mol. The van der Waals surface area contributed by atoms with E-state index in [2.05, 4.69) is 16.9 Å². The number of carbonyl (C=O) groups is 1. The van der Waals surface area contributed by atoms with Crippen LogP contribution in [0.4, 0.5) is 0 Å². The quantitative estimate of drug-likeness (QED) is 0.829. The third-order valence-corrected chi connectivity index (χ3v) is 6.21. The van der Waals surface area contributed by atoms with Gasteiger partial charge in [-0.05, 0) is 70.0 Å². The van der Waals surface area contributed by atoms with Crippen LogP contribution in [0.5, 0.6) is 5.75 Å². The summed E-state index contributed by atoms with van der Waals surface area (Å²) in [6.07, 6.45) is 5.75. The molecular weight excluding hydrogens is 354 g/mol. The molecule has 2 fully saturated rings. The number of hydrogen-bond donors (Lipinski definition) is 1. The molecule has 2 aromatic rings. The first-order chi connectivity index (χ1) is 13.6. The first-order valence-electron chi connectivity index (χ1n) is 10.4. The molecule has 2 unspecified atom stereocenters. The number of amides is 1. The number of piperidine rings is 1. The van der Waals surface area contributed by atoms with Crippen molar-refractivity contribution >= 4 is 16.8 Å². The molecule has 0 radical (unpaired) electrons. The lowest BCUT2D eigenvalue weighted by atomic mass is 10.1. The Bertz CT molecular complexity index is 818. The first kappa shape index (κ1) is 19.3. The zero-order valence-electron chi connectivity index (χ0n) is 16.9. The molecule has 0 saturated carbocycles. The maximum absolute atomic E-state index is 12.9. The fraction of sp³-hybridized carbons (Fsp3) is 0.591. The minimum atomic E-state index is 0.0460. The highest BCUT2D eigenvalue weighted by atomic mass is 16.5. The maximum atomic E-state index is 12.9. The molecule has 0 bridgehead atoms. The van der Waals surface area contributed by atoms with Crippen LogP contribution in [-0.2, 0) is 4.74 Å². The van der Waals surface area contributed by atoms with E-state index in [4.69, 9.17) is 9.47 Å². The van der Waals surface area contributed by atoms with Crippen molar-refractivity contribution in [1.29, 1.82) is 0 Å². The van der Waals surface area contributed by atoms with Gasteiger partial charge in [0.25, 0.3) is 5.91 Å². The molecule has 152 valence electrons. The number of likely N-dealkylation sites (tertiary alicyclic amines) is 2. The summed E-state index contributed by atoms with van der Waals surface area (Å²) in [6, 6.07) is 8.58. The largest absolute Gasteiger partial charge is 0.494 e. The fourth-order valence-electron chi connectivity index (χ4n) is 4.46. The van der Waals surface area contributed by atoms with E-state index in [1.165, 1.54) is 19.4 Å². The SMILES string of the molecule is COC1CCCN(C(=O)c2cc3cc(OCCC4CCCN4C)ccc3[nH]2)C1. The van der Waals surface area contributed by atoms with E-state index in [-0.39, 0.29) is 12.0 Å². The van der Waals surface area contributed by atoms with E-state index < -0.39 is 0 Å². The molecule has 3 heterocycles. The molecule has 4 rings (SSSR count). The average molecular weight is 386 g/mol. The number of ether oxygens (including phenoxy) is 2. The van der Waals surface area contributed by atoms with Gasteiger partial charge in [-0.25, -0.2) is 0 Å². The molecule has 1 aromatic heterocycles. The molecule has 1 N–H and O–H groups in total. The highest BCUT2D eigenvalue weighted by molar-refractivity contribution is 5.98. The van der Waals surface area contributed by atoms with Gasteiger partial charge in [0.15, 0.2) is 0 Å². The third kappa shape index (κ3) is 4.18. The smallest absolute Gasteiger partial charge is 0.270 e. The number of fused-ring (bicyclic) bond motifs is 1. The normalized spacial score (nSPS) is 23.4. The molecule has 1 amide bonds. The van der Waals surface area contributed by atoms with Crippen molar-refractivity contribution in [2.75, 3.05) is 40.4 Å². The maximum Gasteiger partial charge on any atom is 0.270 e. The topological polar surface area (TPSA) is 57.8 Å². The number of hydrogen-bond acceptors (Lipinski definition) is 4. The van der Waals surface area contributed by atoms with E-state index in [1.807, 2.05) is 29.2 Å². The van der Waals surface area contributed by atoms with Crippen molar-refractivity contribution in [1.82, 2.24) is 14.8 Å². The molecule has 6 nitrogen and oxygen atoms in total. The molecule has 2 aliphatic heterocycles. The Hall–Kier alpha value is -2.05. The summed E-state index contributed by atoms with van der Waals surface area (Å²) in [5.41, 5.74) is 1.60. The van der Waals surface area contributed by atoms with Crippen molar-refractivity contribution in [3.05, 3.63) is 30.0 Å². The van der Waals surface area contributed by atoms with Gasteiger partial charge in [0.2, 0.25) is 0 Å². The van der Waals surface area contributed by atoms with Crippen LogP contribution in [0.1, 0.15) is 42.6 Å². The minimum absolute atomic E-state index is 0.0460. The second kappa shape index (κ2) is 8.53. The van der Waals surface area contributed by atoms with Crippen molar-refractivity contribution in [2.45, 2.75) is 44.2 Å². The Balaban J connectivity index is 1.39. The summed E-state index contributed by atoms with van der Waals surface area (Å²) in [4.78, 5) is 20.4. The van der Waals surface area contributed by atoms with Gasteiger partial charge in [-0.3, -0.25) is 4.79 Å². The summed E-state index contributed by atoms with van der Waals surface area (Å²) < 4.78 is 11.4. The Labute approximate surface area is 166 Å². The molecular formula is C22H31N3O3. The van der Waals surface area contributed by atoms with E-state index in [0.29, 0.717) is 18.3 Å². The Kier molecular flexibility index (Phi) is 5.87. The predicted octanol–water partition coefficient (Wildman–Crippen LogP) is 3.28. The van der Waals surface area contributed by atoms with E-state index in [1.54, 1.807) is 7.11 Å². The number of rotatable bonds is 6. The lowest BCUT2D eigenvalue weighted by Gasteiger charge is -2.31. The van der Waals surface area contributed by atoms with E-state index in [0.717, 1.165) is 49.1 Å². The van der Waals surface area contributed by atoms with Gasteiger partial charge >= 0.3 is 0 Å². The Morgan fingerprint density at radius 2 is 2.07 bits per heavy atom. The van der Waals surface area contributed by atoms with Gasteiger partial charge in [0, 0.05) is 37.1 Å². The molecule has 2 saturated heterocycles. The van der Waals surface area contributed by atoms with Gasteiger partial charge in [-0.1, -0.05) is 0 Å². The van der Waals surface area contributed by atoms with Crippen LogP contribution >= 0.6 is 0 Å². The Morgan fingerprint density at radius 3 is 2.86 bits per heavy atom. The van der Waals surface area contributed by atoms with Gasteiger partial charge in [0.05, 0.1) is 12.7 Å². The second-order valence-electron chi connectivity index (χ2n) is 8.10. The molecule has 2 atom stereocenters. The number of aromatic amines is 1. The number of carbonyl (C=O) groups excluding carboxylic acids is 1. The van der Waals surface area contributed by atoms with Gasteiger partial charge in [-0.15, -0.1) is 0 Å². The van der Waals surface area contributed by atoms with E-state index >= 15 is 0 Å². The van der Waals surface area contributed by atoms with Crippen LogP contribution in [-0.4, -0.2) is 73.2 Å². The average Bonchev–Trinajstić information content (AvgIpc) is 3.33. The fourth-order valence-corrected chi connectivity index (χ4v) is 4.46. The zero-order chi connectivity index (χ0) is 19.5. The molecule has 0 spiro atoms. The van der Waals surface area contributed by atoms with Crippen molar-refractivity contribution in [3.63, 3.8) is 0 Å². The van der Waals surface area contributed by atoms with Gasteiger partial charge in [0.1, 0.15) is 11.4 Å². The molecule has 6 heteroatoms. The van der Waals surface area contributed by atoms with Crippen LogP contribution in [0.3, 0.4) is 0 Å². The van der Waals surface area contributed by atoms with Crippen LogP contribution in [0.25, 0.3) is 10.9 Å². The van der Waals surface area contributed by atoms with Gasteiger partial charge < -0.3 is 24.3 Å². The van der Waals surface area contributed by atoms with Crippen molar-refractivity contribution in [2.24, 2.45) is 0 Å². The number of H-pyrrole nitrogens is 1. The summed E-state index contributed by atoms with van der Waals surface area (Å²) in [5.74, 6) is 0.910.